The van der Waals surface area contributed by atoms with Gasteiger partial charge in [-0.2, -0.15) is 0 Å². The van der Waals surface area contributed by atoms with Crippen molar-refractivity contribution in [3.05, 3.63) is 22.7 Å². The van der Waals surface area contributed by atoms with Gasteiger partial charge in [0.2, 0.25) is 11.0 Å². The highest BCUT2D eigenvalue weighted by atomic mass is 79.9. The standard InChI is InChI=1S/C11H11BrN4O2S2/c1-18-8-3-2-6(4-7(8)12)14-9(17)5-19-11-16-15-10(13)20-11/h2-4H,5H2,1H3,(H2,13,15)(H,14,17). The maximum atomic E-state index is 11.8. The second-order valence-corrected chi connectivity index (χ2v) is 6.68. The van der Waals surface area contributed by atoms with E-state index in [2.05, 4.69) is 31.4 Å². The van der Waals surface area contributed by atoms with E-state index in [1.54, 1.807) is 25.3 Å². The largest absolute Gasteiger partial charge is 0.496 e. The van der Waals surface area contributed by atoms with E-state index in [9.17, 15) is 4.79 Å². The zero-order chi connectivity index (χ0) is 14.5. The van der Waals surface area contributed by atoms with E-state index >= 15 is 0 Å². The average molecular weight is 375 g/mol. The number of anilines is 2. The van der Waals surface area contributed by atoms with Gasteiger partial charge in [-0.1, -0.05) is 23.1 Å². The molecule has 0 aliphatic heterocycles. The second-order valence-electron chi connectivity index (χ2n) is 3.59. The zero-order valence-corrected chi connectivity index (χ0v) is 13.6. The van der Waals surface area contributed by atoms with Gasteiger partial charge in [0.25, 0.3) is 0 Å². The molecule has 1 heterocycles. The topological polar surface area (TPSA) is 90.1 Å². The summed E-state index contributed by atoms with van der Waals surface area (Å²) in [6, 6.07) is 5.33. The van der Waals surface area contributed by atoms with Crippen LogP contribution < -0.4 is 15.8 Å². The Bertz CT molecular complexity index is 620. The highest BCUT2D eigenvalue weighted by molar-refractivity contribution is 9.10. The van der Waals surface area contributed by atoms with Gasteiger partial charge >= 0.3 is 0 Å². The van der Waals surface area contributed by atoms with Crippen LogP contribution in [0.5, 0.6) is 5.75 Å². The Morgan fingerprint density at radius 1 is 1.55 bits per heavy atom. The third-order valence-electron chi connectivity index (χ3n) is 2.18. The molecule has 0 aliphatic rings. The molecule has 0 bridgehead atoms. The van der Waals surface area contributed by atoms with Crippen LogP contribution in [-0.2, 0) is 4.79 Å². The van der Waals surface area contributed by atoms with Gasteiger partial charge in [-0.3, -0.25) is 4.79 Å². The second kappa shape index (κ2) is 6.91. The zero-order valence-electron chi connectivity index (χ0n) is 10.4. The van der Waals surface area contributed by atoms with Crippen molar-refractivity contribution in [2.24, 2.45) is 0 Å². The number of hydrogen-bond donors (Lipinski definition) is 2. The lowest BCUT2D eigenvalue weighted by molar-refractivity contribution is -0.113. The van der Waals surface area contributed by atoms with E-state index in [1.807, 2.05) is 0 Å². The van der Waals surface area contributed by atoms with Crippen LogP contribution in [0.2, 0.25) is 0 Å². The number of thioether (sulfide) groups is 1. The van der Waals surface area contributed by atoms with Crippen molar-refractivity contribution in [3.63, 3.8) is 0 Å². The van der Waals surface area contributed by atoms with Crippen LogP contribution in [-0.4, -0.2) is 29.0 Å². The Balaban J connectivity index is 1.89. The number of nitrogen functional groups attached to an aromatic ring is 1. The number of benzene rings is 1. The van der Waals surface area contributed by atoms with Gasteiger partial charge in [0.05, 0.1) is 17.3 Å². The maximum absolute atomic E-state index is 11.8. The summed E-state index contributed by atoms with van der Waals surface area (Å²) in [5.41, 5.74) is 6.16. The molecular formula is C11H11BrN4O2S2. The molecule has 0 aliphatic carbocycles. The minimum Gasteiger partial charge on any atom is -0.496 e. The fourth-order valence-corrected chi connectivity index (χ4v) is 3.32. The molecule has 0 fully saturated rings. The molecule has 3 N–H and O–H groups in total. The van der Waals surface area contributed by atoms with Crippen molar-refractivity contribution in [1.29, 1.82) is 0 Å². The Morgan fingerprint density at radius 3 is 2.95 bits per heavy atom. The number of nitrogens with one attached hydrogen (secondary N) is 1. The van der Waals surface area contributed by atoms with E-state index in [0.717, 1.165) is 4.47 Å². The average Bonchev–Trinajstić information content (AvgIpc) is 2.82. The molecule has 1 amide bonds. The van der Waals surface area contributed by atoms with Crippen molar-refractivity contribution in [3.8, 4) is 5.75 Å². The van der Waals surface area contributed by atoms with Gasteiger partial charge in [0, 0.05) is 5.69 Å². The first-order valence-electron chi connectivity index (χ1n) is 5.43. The number of halogens is 1. The van der Waals surface area contributed by atoms with Crippen molar-refractivity contribution < 1.29 is 9.53 Å². The molecule has 2 aromatic rings. The van der Waals surface area contributed by atoms with Crippen LogP contribution in [0.25, 0.3) is 0 Å². The number of rotatable bonds is 5. The third kappa shape index (κ3) is 4.09. The smallest absolute Gasteiger partial charge is 0.234 e. The number of carbonyl (C=O) groups excluding carboxylic acids is 1. The monoisotopic (exact) mass is 374 g/mol. The lowest BCUT2D eigenvalue weighted by Crippen LogP contribution is -2.13. The minimum absolute atomic E-state index is 0.124. The Hall–Kier alpha value is -1.32. The summed E-state index contributed by atoms with van der Waals surface area (Å²) in [5.74, 6) is 0.834. The van der Waals surface area contributed by atoms with Gasteiger partial charge in [-0.25, -0.2) is 0 Å². The molecule has 0 spiro atoms. The van der Waals surface area contributed by atoms with E-state index in [4.69, 9.17) is 10.5 Å². The summed E-state index contributed by atoms with van der Waals surface area (Å²) in [6.45, 7) is 0. The summed E-state index contributed by atoms with van der Waals surface area (Å²) in [6.07, 6.45) is 0. The summed E-state index contributed by atoms with van der Waals surface area (Å²) < 4.78 is 6.58. The molecule has 0 radical (unpaired) electrons. The number of amides is 1. The van der Waals surface area contributed by atoms with Crippen LogP contribution in [0.4, 0.5) is 10.8 Å². The number of methoxy groups -OCH3 is 1. The number of nitrogens with two attached hydrogens (primary N) is 1. The summed E-state index contributed by atoms with van der Waals surface area (Å²) >= 11 is 5.92. The van der Waals surface area contributed by atoms with Crippen LogP contribution in [0, 0.1) is 0 Å². The summed E-state index contributed by atoms with van der Waals surface area (Å²) in [4.78, 5) is 11.8. The first-order chi connectivity index (χ1) is 9.58. The van der Waals surface area contributed by atoms with Gasteiger partial charge < -0.3 is 15.8 Å². The lowest BCUT2D eigenvalue weighted by atomic mass is 10.3. The van der Waals surface area contributed by atoms with Gasteiger partial charge in [-0.15, -0.1) is 10.2 Å². The number of ether oxygens (including phenoxy) is 1. The lowest BCUT2D eigenvalue weighted by Gasteiger charge is -2.07. The third-order valence-corrected chi connectivity index (χ3v) is 4.69. The molecule has 2 rings (SSSR count). The van der Waals surface area contributed by atoms with E-state index in [-0.39, 0.29) is 11.7 Å². The summed E-state index contributed by atoms with van der Waals surface area (Å²) in [5, 5.41) is 10.7. The maximum Gasteiger partial charge on any atom is 0.234 e. The molecule has 0 unspecified atom stereocenters. The molecule has 6 nitrogen and oxygen atoms in total. The molecule has 106 valence electrons. The van der Waals surface area contributed by atoms with Crippen molar-refractivity contribution in [1.82, 2.24) is 10.2 Å². The molecule has 1 aromatic carbocycles. The SMILES string of the molecule is COc1ccc(NC(=O)CSc2nnc(N)s2)cc1Br. The predicted octanol–water partition coefficient (Wildman–Crippen LogP) is 2.62. The predicted molar refractivity (Wildman–Crippen MR) is 84.4 cm³/mol. The molecular weight excluding hydrogens is 364 g/mol. The van der Waals surface area contributed by atoms with Gasteiger partial charge in [0.1, 0.15) is 5.75 Å². The van der Waals surface area contributed by atoms with E-state index < -0.39 is 0 Å². The molecule has 0 atom stereocenters. The van der Waals surface area contributed by atoms with Crippen molar-refractivity contribution in [2.75, 3.05) is 23.9 Å². The first kappa shape index (κ1) is 15.1. The minimum atomic E-state index is -0.124. The molecule has 9 heteroatoms. The Morgan fingerprint density at radius 2 is 2.35 bits per heavy atom. The molecule has 1 aromatic heterocycles. The normalized spacial score (nSPS) is 10.3. The number of carbonyl (C=O) groups is 1. The van der Waals surface area contributed by atoms with Crippen LogP contribution in [0.15, 0.2) is 27.0 Å². The van der Waals surface area contributed by atoms with Gasteiger partial charge in [-0.05, 0) is 34.1 Å². The number of nitrogens with zero attached hydrogens (tertiary/aromatic N) is 2. The quantitative estimate of drug-likeness (QED) is 0.781. The van der Waals surface area contributed by atoms with Crippen LogP contribution in [0.1, 0.15) is 0 Å². The number of aromatic nitrogens is 2. The van der Waals surface area contributed by atoms with E-state index in [1.165, 1.54) is 23.1 Å². The fraction of sp³-hybridized carbons (Fsp3) is 0.182. The first-order valence-corrected chi connectivity index (χ1v) is 8.03. The highest BCUT2D eigenvalue weighted by Gasteiger charge is 2.08. The van der Waals surface area contributed by atoms with Gasteiger partial charge in [0.15, 0.2) is 4.34 Å². The molecule has 0 saturated carbocycles. The van der Waals surface area contributed by atoms with Crippen molar-refractivity contribution >= 4 is 55.8 Å². The van der Waals surface area contributed by atoms with Crippen molar-refractivity contribution in [2.45, 2.75) is 4.34 Å². The van der Waals surface area contributed by atoms with Crippen LogP contribution >= 0.6 is 39.0 Å². The Labute approximate surface area is 132 Å². The van der Waals surface area contributed by atoms with E-state index in [0.29, 0.717) is 20.9 Å². The summed E-state index contributed by atoms with van der Waals surface area (Å²) in [7, 11) is 1.59. The van der Waals surface area contributed by atoms with Crippen LogP contribution in [0.3, 0.4) is 0 Å². The number of hydrogen-bond acceptors (Lipinski definition) is 7. The molecule has 0 saturated heterocycles. The highest BCUT2D eigenvalue weighted by Crippen LogP contribution is 2.28. The fourth-order valence-electron chi connectivity index (χ4n) is 1.35. The Kier molecular flexibility index (Phi) is 5.21. The molecule has 20 heavy (non-hydrogen) atoms.